The Morgan fingerprint density at radius 1 is 1.32 bits per heavy atom. The van der Waals surface area contributed by atoms with E-state index in [4.69, 9.17) is 9.26 Å². The zero-order valence-electron chi connectivity index (χ0n) is 14.3. The second kappa shape index (κ2) is 6.48. The molecule has 2 atom stereocenters. The summed E-state index contributed by atoms with van der Waals surface area (Å²) >= 11 is 0. The van der Waals surface area contributed by atoms with Gasteiger partial charge in [0.05, 0.1) is 5.41 Å². The lowest BCUT2D eigenvalue weighted by atomic mass is 9.80. The zero-order chi connectivity index (χ0) is 17.3. The normalized spacial score (nSPS) is 24.9. The van der Waals surface area contributed by atoms with Crippen LogP contribution in [-0.2, 0) is 11.4 Å². The molecule has 2 fully saturated rings. The van der Waals surface area contributed by atoms with Gasteiger partial charge in [0.1, 0.15) is 5.75 Å². The fraction of sp³-hybridized carbons (Fsp3) is 0.500. The summed E-state index contributed by atoms with van der Waals surface area (Å²) in [7, 11) is 0. The zero-order valence-corrected chi connectivity index (χ0v) is 14.3. The molecule has 2 aliphatic rings. The Balaban J connectivity index is 1.35. The Labute approximate surface area is 146 Å². The maximum absolute atomic E-state index is 12.7. The third-order valence-electron chi connectivity index (χ3n) is 5.09. The highest BCUT2D eigenvalue weighted by molar-refractivity contribution is 5.95. The molecule has 1 aromatic heterocycles. The summed E-state index contributed by atoms with van der Waals surface area (Å²) in [6.07, 6.45) is 3.06. The third kappa shape index (κ3) is 3.37. The summed E-state index contributed by atoms with van der Waals surface area (Å²) in [5, 5.41) is 6.86. The topological polar surface area (TPSA) is 80.5 Å². The number of piperidine rings is 1. The average molecular weight is 342 g/mol. The van der Waals surface area contributed by atoms with Crippen LogP contribution in [0.1, 0.15) is 31.0 Å². The van der Waals surface area contributed by atoms with E-state index in [9.17, 15) is 4.79 Å². The standard InChI is InChI=1S/C18H22N4O3/c1-13-19-16(21-25-13)11-24-15-5-3-14(4-6-15)20-17(23)18-7-2-9-22(12-18)10-8-18/h3-6H,2,7-12H2,1H3,(H,20,23). The fourth-order valence-electron chi connectivity index (χ4n) is 3.74. The first kappa shape index (κ1) is 16.1. The first-order chi connectivity index (χ1) is 12.1. The average Bonchev–Trinajstić information content (AvgIpc) is 3.17. The van der Waals surface area contributed by atoms with Gasteiger partial charge in [-0.3, -0.25) is 4.79 Å². The van der Waals surface area contributed by atoms with Crippen LogP contribution in [0.4, 0.5) is 5.69 Å². The minimum atomic E-state index is -0.204. The van der Waals surface area contributed by atoms with Crippen molar-refractivity contribution in [3.05, 3.63) is 36.0 Å². The smallest absolute Gasteiger partial charge is 0.231 e. The second-order valence-electron chi connectivity index (χ2n) is 6.91. The Morgan fingerprint density at radius 2 is 2.16 bits per heavy atom. The summed E-state index contributed by atoms with van der Waals surface area (Å²) in [4.78, 5) is 19.2. The van der Waals surface area contributed by atoms with E-state index >= 15 is 0 Å². The van der Waals surface area contributed by atoms with Crippen molar-refractivity contribution in [3.8, 4) is 5.75 Å². The third-order valence-corrected chi connectivity index (χ3v) is 5.09. The molecular weight excluding hydrogens is 320 g/mol. The van der Waals surface area contributed by atoms with Gasteiger partial charge in [-0.2, -0.15) is 4.98 Å². The van der Waals surface area contributed by atoms with Gasteiger partial charge in [-0.05, 0) is 56.6 Å². The van der Waals surface area contributed by atoms with E-state index < -0.39 is 0 Å². The minimum Gasteiger partial charge on any atom is -0.485 e. The molecule has 2 bridgehead atoms. The maximum Gasteiger partial charge on any atom is 0.231 e. The lowest BCUT2D eigenvalue weighted by molar-refractivity contribution is -0.126. The van der Waals surface area contributed by atoms with Gasteiger partial charge in [0.25, 0.3) is 0 Å². The number of hydrogen-bond donors (Lipinski definition) is 1. The lowest BCUT2D eigenvalue weighted by Crippen LogP contribution is -2.42. The van der Waals surface area contributed by atoms with Crippen molar-refractivity contribution < 1.29 is 14.1 Å². The lowest BCUT2D eigenvalue weighted by Gasteiger charge is -2.32. The van der Waals surface area contributed by atoms with E-state index in [0.717, 1.165) is 44.6 Å². The summed E-state index contributed by atoms with van der Waals surface area (Å²) in [6.45, 7) is 5.05. The molecule has 25 heavy (non-hydrogen) atoms. The molecule has 7 heteroatoms. The molecule has 0 aliphatic carbocycles. The maximum atomic E-state index is 12.7. The summed E-state index contributed by atoms with van der Waals surface area (Å²) in [5.74, 6) is 1.87. The number of nitrogens with one attached hydrogen (secondary N) is 1. The van der Waals surface area contributed by atoms with Crippen LogP contribution in [0.15, 0.2) is 28.8 Å². The second-order valence-corrected chi connectivity index (χ2v) is 6.91. The first-order valence-electron chi connectivity index (χ1n) is 8.69. The molecule has 2 saturated heterocycles. The molecule has 1 N–H and O–H groups in total. The molecule has 0 radical (unpaired) electrons. The molecule has 1 aromatic carbocycles. The number of amides is 1. The predicted molar refractivity (Wildman–Crippen MR) is 91.2 cm³/mol. The van der Waals surface area contributed by atoms with Crippen LogP contribution in [0.3, 0.4) is 0 Å². The highest BCUT2D eigenvalue weighted by atomic mass is 16.5. The number of carbonyl (C=O) groups is 1. The van der Waals surface area contributed by atoms with Crippen LogP contribution < -0.4 is 10.1 Å². The number of ether oxygens (including phenoxy) is 1. The number of carbonyl (C=O) groups excluding carboxylic acids is 1. The summed E-state index contributed by atoms with van der Waals surface area (Å²) in [6, 6.07) is 7.39. The van der Waals surface area contributed by atoms with E-state index in [0.29, 0.717) is 17.5 Å². The molecule has 2 aromatic rings. The Hall–Kier alpha value is -2.41. The van der Waals surface area contributed by atoms with E-state index in [1.807, 2.05) is 24.3 Å². The number of hydrogen-bond acceptors (Lipinski definition) is 6. The van der Waals surface area contributed by atoms with Gasteiger partial charge in [-0.1, -0.05) is 5.16 Å². The van der Waals surface area contributed by atoms with Crippen molar-refractivity contribution in [3.63, 3.8) is 0 Å². The van der Waals surface area contributed by atoms with E-state index in [1.54, 1.807) is 6.92 Å². The van der Waals surface area contributed by atoms with Gasteiger partial charge in [-0.15, -0.1) is 0 Å². The van der Waals surface area contributed by atoms with Crippen LogP contribution in [0.5, 0.6) is 5.75 Å². The SMILES string of the molecule is Cc1nc(COc2ccc(NC(=O)C34CCCN(CC3)C4)cc2)no1. The largest absolute Gasteiger partial charge is 0.485 e. The molecule has 0 saturated carbocycles. The Kier molecular flexibility index (Phi) is 4.17. The number of nitrogens with zero attached hydrogens (tertiary/aromatic N) is 3. The van der Waals surface area contributed by atoms with Gasteiger partial charge in [0.15, 0.2) is 6.61 Å². The molecule has 2 unspecified atom stereocenters. The predicted octanol–water partition coefficient (Wildman–Crippen LogP) is 2.38. The molecule has 3 heterocycles. The summed E-state index contributed by atoms with van der Waals surface area (Å²) < 4.78 is 10.5. The van der Waals surface area contributed by atoms with Gasteiger partial charge in [0.2, 0.25) is 17.6 Å². The highest BCUT2D eigenvalue weighted by Crippen LogP contribution is 2.40. The number of benzene rings is 1. The molecule has 4 rings (SSSR count). The highest BCUT2D eigenvalue weighted by Gasteiger charge is 2.46. The van der Waals surface area contributed by atoms with Gasteiger partial charge >= 0.3 is 0 Å². The van der Waals surface area contributed by atoms with Crippen molar-refractivity contribution in [1.29, 1.82) is 0 Å². The number of aromatic nitrogens is 2. The number of rotatable bonds is 5. The van der Waals surface area contributed by atoms with Crippen molar-refractivity contribution in [2.45, 2.75) is 32.8 Å². The van der Waals surface area contributed by atoms with Crippen LogP contribution in [-0.4, -0.2) is 40.6 Å². The van der Waals surface area contributed by atoms with Crippen LogP contribution in [0.25, 0.3) is 0 Å². The molecule has 7 nitrogen and oxygen atoms in total. The van der Waals surface area contributed by atoms with Gasteiger partial charge in [0, 0.05) is 19.2 Å². The Morgan fingerprint density at radius 3 is 2.92 bits per heavy atom. The number of anilines is 1. The van der Waals surface area contributed by atoms with Gasteiger partial charge < -0.3 is 19.5 Å². The molecule has 132 valence electrons. The van der Waals surface area contributed by atoms with Crippen LogP contribution in [0.2, 0.25) is 0 Å². The fourth-order valence-corrected chi connectivity index (χ4v) is 3.74. The first-order valence-corrected chi connectivity index (χ1v) is 8.69. The van der Waals surface area contributed by atoms with Crippen LogP contribution >= 0.6 is 0 Å². The van der Waals surface area contributed by atoms with E-state index in [2.05, 4.69) is 20.4 Å². The molecule has 0 spiro atoms. The van der Waals surface area contributed by atoms with E-state index in [1.165, 1.54) is 0 Å². The van der Waals surface area contributed by atoms with Crippen molar-refractivity contribution in [2.24, 2.45) is 5.41 Å². The summed E-state index contributed by atoms with van der Waals surface area (Å²) in [5.41, 5.74) is 0.593. The van der Waals surface area contributed by atoms with Crippen molar-refractivity contribution in [2.75, 3.05) is 25.0 Å². The van der Waals surface area contributed by atoms with Gasteiger partial charge in [-0.25, -0.2) is 0 Å². The molecule has 1 amide bonds. The quantitative estimate of drug-likeness (QED) is 0.898. The van der Waals surface area contributed by atoms with Crippen molar-refractivity contribution in [1.82, 2.24) is 15.0 Å². The van der Waals surface area contributed by atoms with Crippen molar-refractivity contribution >= 4 is 11.6 Å². The van der Waals surface area contributed by atoms with Crippen LogP contribution in [0, 0.1) is 12.3 Å². The number of aryl methyl sites for hydroxylation is 1. The molecule has 2 aliphatic heterocycles. The Bertz CT molecular complexity index is 754. The monoisotopic (exact) mass is 342 g/mol. The minimum absolute atomic E-state index is 0.144. The molecular formula is C18H22N4O3. The van der Waals surface area contributed by atoms with E-state index in [-0.39, 0.29) is 17.9 Å². The number of fused-ring (bicyclic) bond motifs is 2.